The third-order valence-electron chi connectivity index (χ3n) is 2.90. The molecule has 0 spiro atoms. The number of aliphatic hydroxyl groups is 1. The number of nitrogens with one attached hydrogen (secondary N) is 1. The van der Waals surface area contributed by atoms with Crippen molar-refractivity contribution in [2.24, 2.45) is 0 Å². The quantitative estimate of drug-likeness (QED) is 0.745. The van der Waals surface area contributed by atoms with Crippen molar-refractivity contribution in [2.75, 3.05) is 26.7 Å². The lowest BCUT2D eigenvalue weighted by Crippen LogP contribution is -2.50. The molecule has 0 aliphatic carbocycles. The first-order valence-corrected chi connectivity index (χ1v) is 5.70. The van der Waals surface area contributed by atoms with Crippen LogP contribution in [0.1, 0.15) is 26.7 Å². The Labute approximate surface area is 96.8 Å². The number of aliphatic hydroxyl groups excluding tert-OH is 1. The van der Waals surface area contributed by atoms with Crippen molar-refractivity contribution < 1.29 is 14.6 Å². The number of ether oxygens (including phenoxy) is 1. The molecule has 0 aromatic carbocycles. The highest BCUT2D eigenvalue weighted by Crippen LogP contribution is 2.10. The number of nitrogens with zero attached hydrogens (tertiary/aromatic N) is 1. The van der Waals surface area contributed by atoms with E-state index >= 15 is 0 Å². The Kier molecular flexibility index (Phi) is 4.56. The fourth-order valence-corrected chi connectivity index (χ4v) is 1.61. The van der Waals surface area contributed by atoms with E-state index in [1.54, 1.807) is 12.0 Å². The van der Waals surface area contributed by atoms with Crippen LogP contribution in [0.15, 0.2) is 0 Å². The number of methoxy groups -OCH3 is 1. The summed E-state index contributed by atoms with van der Waals surface area (Å²) in [6.45, 7) is 5.45. The van der Waals surface area contributed by atoms with E-state index in [9.17, 15) is 9.90 Å². The van der Waals surface area contributed by atoms with Gasteiger partial charge in [-0.1, -0.05) is 0 Å². The molecule has 1 saturated heterocycles. The molecule has 0 aromatic rings. The lowest BCUT2D eigenvalue weighted by molar-refractivity contribution is 0.0229. The zero-order valence-corrected chi connectivity index (χ0v) is 10.3. The molecule has 5 heteroatoms. The number of carbonyl (C=O) groups excluding carboxylic acids is 1. The summed E-state index contributed by atoms with van der Waals surface area (Å²) in [5, 5.41) is 12.3. The molecule has 1 rings (SSSR count). The lowest BCUT2D eigenvalue weighted by atomic mass is 10.1. The van der Waals surface area contributed by atoms with Gasteiger partial charge in [0.1, 0.15) is 0 Å². The van der Waals surface area contributed by atoms with E-state index in [1.807, 2.05) is 13.8 Å². The summed E-state index contributed by atoms with van der Waals surface area (Å²) in [7, 11) is 1.62. The number of hydrogen-bond donors (Lipinski definition) is 2. The van der Waals surface area contributed by atoms with Crippen molar-refractivity contribution in [1.82, 2.24) is 10.2 Å². The van der Waals surface area contributed by atoms with Gasteiger partial charge in [0.15, 0.2) is 0 Å². The van der Waals surface area contributed by atoms with Gasteiger partial charge in [-0.25, -0.2) is 4.79 Å². The van der Waals surface area contributed by atoms with Crippen LogP contribution in [0.3, 0.4) is 0 Å². The predicted octanol–water partition coefficient (Wildman–Crippen LogP) is 0.578. The summed E-state index contributed by atoms with van der Waals surface area (Å²) in [5.41, 5.74) is -0.357. The molecule has 1 aliphatic rings. The first-order valence-electron chi connectivity index (χ1n) is 5.70. The monoisotopic (exact) mass is 230 g/mol. The summed E-state index contributed by atoms with van der Waals surface area (Å²) >= 11 is 0. The number of rotatable bonds is 3. The van der Waals surface area contributed by atoms with Gasteiger partial charge in [-0.15, -0.1) is 0 Å². The van der Waals surface area contributed by atoms with Crippen LogP contribution < -0.4 is 5.32 Å². The second-order valence-corrected chi connectivity index (χ2v) is 4.86. The van der Waals surface area contributed by atoms with E-state index in [2.05, 4.69) is 5.32 Å². The Morgan fingerprint density at radius 3 is 2.88 bits per heavy atom. The molecule has 16 heavy (non-hydrogen) atoms. The zero-order valence-electron chi connectivity index (χ0n) is 10.3. The minimum atomic E-state index is -0.380. The van der Waals surface area contributed by atoms with Crippen LogP contribution >= 0.6 is 0 Å². The van der Waals surface area contributed by atoms with Crippen molar-refractivity contribution in [3.05, 3.63) is 0 Å². The van der Waals surface area contributed by atoms with Gasteiger partial charge in [0.25, 0.3) is 0 Å². The highest BCUT2D eigenvalue weighted by atomic mass is 16.5. The summed E-state index contributed by atoms with van der Waals surface area (Å²) in [6, 6.07) is -0.121. The van der Waals surface area contributed by atoms with E-state index < -0.39 is 0 Å². The third kappa shape index (κ3) is 3.98. The van der Waals surface area contributed by atoms with Crippen LogP contribution in [0.25, 0.3) is 0 Å². The van der Waals surface area contributed by atoms with Gasteiger partial charge in [-0.3, -0.25) is 0 Å². The first kappa shape index (κ1) is 13.3. The van der Waals surface area contributed by atoms with Gasteiger partial charge >= 0.3 is 6.03 Å². The number of amides is 2. The van der Waals surface area contributed by atoms with Crippen LogP contribution in [0.5, 0.6) is 0 Å². The second-order valence-electron chi connectivity index (χ2n) is 4.86. The molecule has 94 valence electrons. The standard InChI is InChI=1S/C11H22N2O3/c1-11(2,16-3)8-12-10(15)13-6-4-5-9(14)7-13/h9,14H,4-8H2,1-3H3,(H,12,15). The fourth-order valence-electron chi connectivity index (χ4n) is 1.61. The molecule has 1 unspecified atom stereocenters. The van der Waals surface area contributed by atoms with E-state index in [4.69, 9.17) is 4.74 Å². The molecule has 0 saturated carbocycles. The van der Waals surface area contributed by atoms with E-state index in [-0.39, 0.29) is 17.7 Å². The van der Waals surface area contributed by atoms with Crippen LogP contribution in [0, 0.1) is 0 Å². The summed E-state index contributed by atoms with van der Waals surface area (Å²) in [6.07, 6.45) is 1.27. The average Bonchev–Trinajstić information content (AvgIpc) is 2.26. The molecule has 2 amide bonds. The highest BCUT2D eigenvalue weighted by molar-refractivity contribution is 5.74. The third-order valence-corrected chi connectivity index (χ3v) is 2.90. The lowest BCUT2D eigenvalue weighted by Gasteiger charge is -2.31. The van der Waals surface area contributed by atoms with Crippen molar-refractivity contribution in [3.8, 4) is 0 Å². The molecule has 0 radical (unpaired) electrons. The van der Waals surface area contributed by atoms with Gasteiger partial charge < -0.3 is 20.1 Å². The minimum absolute atomic E-state index is 0.121. The number of urea groups is 1. The Bertz CT molecular complexity index is 243. The normalized spacial score (nSPS) is 22.0. The Morgan fingerprint density at radius 1 is 1.62 bits per heavy atom. The van der Waals surface area contributed by atoms with Crippen molar-refractivity contribution in [2.45, 2.75) is 38.4 Å². The number of β-amino-alcohol motifs (C(OH)–C–C–N with tert-alkyl or cyclic N) is 1. The zero-order chi connectivity index (χ0) is 12.2. The van der Waals surface area contributed by atoms with Gasteiger partial charge in [-0.05, 0) is 26.7 Å². The molecule has 5 nitrogen and oxygen atoms in total. The van der Waals surface area contributed by atoms with Crippen LogP contribution in [-0.2, 0) is 4.74 Å². The second kappa shape index (κ2) is 5.50. The molecule has 1 aliphatic heterocycles. The molecule has 1 fully saturated rings. The molecule has 0 aromatic heterocycles. The average molecular weight is 230 g/mol. The van der Waals surface area contributed by atoms with E-state index in [0.29, 0.717) is 13.1 Å². The van der Waals surface area contributed by atoms with Gasteiger partial charge in [0.2, 0.25) is 0 Å². The smallest absolute Gasteiger partial charge is 0.317 e. The topological polar surface area (TPSA) is 61.8 Å². The maximum Gasteiger partial charge on any atom is 0.317 e. The SMILES string of the molecule is COC(C)(C)CNC(=O)N1CCCC(O)C1. The Morgan fingerprint density at radius 2 is 2.31 bits per heavy atom. The maximum absolute atomic E-state index is 11.8. The molecule has 1 heterocycles. The van der Waals surface area contributed by atoms with Gasteiger partial charge in [-0.2, -0.15) is 0 Å². The molecular weight excluding hydrogens is 208 g/mol. The fraction of sp³-hybridized carbons (Fsp3) is 0.909. The van der Waals surface area contributed by atoms with Crippen LogP contribution in [0.2, 0.25) is 0 Å². The summed E-state index contributed by atoms with van der Waals surface area (Å²) in [4.78, 5) is 13.4. The maximum atomic E-state index is 11.8. The predicted molar refractivity (Wildman–Crippen MR) is 61.3 cm³/mol. The van der Waals surface area contributed by atoms with Crippen molar-refractivity contribution in [1.29, 1.82) is 0 Å². The van der Waals surface area contributed by atoms with Crippen molar-refractivity contribution >= 4 is 6.03 Å². The van der Waals surface area contributed by atoms with Crippen LogP contribution in [0.4, 0.5) is 4.79 Å². The van der Waals surface area contributed by atoms with Crippen LogP contribution in [-0.4, -0.2) is 54.5 Å². The molecule has 0 bridgehead atoms. The van der Waals surface area contributed by atoms with E-state index in [1.165, 1.54) is 0 Å². The Hall–Kier alpha value is -0.810. The number of likely N-dealkylation sites (tertiary alicyclic amines) is 1. The van der Waals surface area contributed by atoms with Crippen molar-refractivity contribution in [3.63, 3.8) is 0 Å². The summed E-state index contributed by atoms with van der Waals surface area (Å²) in [5.74, 6) is 0. The largest absolute Gasteiger partial charge is 0.391 e. The molecule has 1 atom stereocenters. The highest BCUT2D eigenvalue weighted by Gasteiger charge is 2.24. The first-order chi connectivity index (χ1) is 7.44. The minimum Gasteiger partial charge on any atom is -0.391 e. The molecular formula is C11H22N2O3. The number of piperidine rings is 1. The Balaban J connectivity index is 2.34. The summed E-state index contributed by atoms with van der Waals surface area (Å²) < 4.78 is 5.21. The van der Waals surface area contributed by atoms with Gasteiger partial charge in [0, 0.05) is 26.7 Å². The van der Waals surface area contributed by atoms with Gasteiger partial charge in [0.05, 0.1) is 11.7 Å². The number of carbonyl (C=O) groups is 1. The molecule has 2 N–H and O–H groups in total. The van der Waals surface area contributed by atoms with E-state index in [0.717, 1.165) is 19.4 Å². The number of hydrogen-bond acceptors (Lipinski definition) is 3.